The van der Waals surface area contributed by atoms with Crippen molar-refractivity contribution in [2.75, 3.05) is 31.9 Å². The van der Waals surface area contributed by atoms with Crippen LogP contribution in [0, 0.1) is 5.82 Å². The normalized spacial score (nSPS) is 12.8. The molecular weight excluding hydrogens is 498 g/mol. The highest BCUT2D eigenvalue weighted by Crippen LogP contribution is 2.15. The minimum atomic E-state index is -3.15. The number of sulfonamides is 1. The maximum absolute atomic E-state index is 13.3. The van der Waals surface area contributed by atoms with E-state index in [0.29, 0.717) is 44.3 Å². The molecule has 0 bridgehead atoms. The first kappa shape index (κ1) is 26.9. The van der Waals surface area contributed by atoms with Gasteiger partial charge in [-0.15, -0.1) is 24.0 Å². The van der Waals surface area contributed by atoms with Gasteiger partial charge in [-0.2, -0.15) is 0 Å². The number of benzene rings is 1. The Kier molecular flexibility index (Phi) is 14.2. The highest BCUT2D eigenvalue weighted by atomic mass is 127. The van der Waals surface area contributed by atoms with E-state index in [1.54, 1.807) is 19.1 Å². The predicted octanol–water partition coefficient (Wildman–Crippen LogP) is 2.49. The second-order valence-electron chi connectivity index (χ2n) is 5.90. The number of hydrogen-bond donors (Lipinski definition) is 3. The average molecular weight is 530 g/mol. The Morgan fingerprint density at radius 1 is 1.21 bits per heavy atom. The Labute approximate surface area is 185 Å². The monoisotopic (exact) mass is 530 g/mol. The Bertz CT molecular complexity index is 689. The van der Waals surface area contributed by atoms with E-state index in [1.807, 2.05) is 13.8 Å². The maximum atomic E-state index is 13.3. The molecule has 0 heterocycles. The lowest BCUT2D eigenvalue weighted by molar-refractivity contribution is 0.205. The van der Waals surface area contributed by atoms with E-state index >= 15 is 0 Å². The van der Waals surface area contributed by atoms with Crippen LogP contribution in [-0.4, -0.2) is 52.4 Å². The third-order valence-electron chi connectivity index (χ3n) is 3.70. The number of nitrogens with zero attached hydrogens (tertiary/aromatic N) is 1. The number of ether oxygens (including phenoxy) is 1. The Hall–Kier alpha value is -1.14. The summed E-state index contributed by atoms with van der Waals surface area (Å²) in [5.74, 6) is 0.865. The lowest BCUT2D eigenvalue weighted by Gasteiger charge is -2.17. The summed E-state index contributed by atoms with van der Waals surface area (Å²) in [7, 11) is -3.15. The molecule has 1 atom stereocenters. The van der Waals surface area contributed by atoms with Crippen LogP contribution in [0.25, 0.3) is 0 Å². The van der Waals surface area contributed by atoms with Gasteiger partial charge in [0.25, 0.3) is 0 Å². The summed E-state index contributed by atoms with van der Waals surface area (Å²) < 4.78 is 44.3. The molecule has 0 aliphatic rings. The Morgan fingerprint density at radius 2 is 1.96 bits per heavy atom. The van der Waals surface area contributed by atoms with Crippen LogP contribution >= 0.6 is 24.0 Å². The minimum Gasteiger partial charge on any atom is -0.488 e. The molecule has 1 aromatic carbocycles. The van der Waals surface area contributed by atoms with Gasteiger partial charge >= 0.3 is 0 Å². The molecule has 3 N–H and O–H groups in total. The zero-order valence-electron chi connectivity index (χ0n) is 16.7. The molecule has 10 heteroatoms. The van der Waals surface area contributed by atoms with Gasteiger partial charge in [-0.1, -0.05) is 13.0 Å². The molecular formula is C18H32FIN4O3S. The third kappa shape index (κ3) is 11.6. The van der Waals surface area contributed by atoms with E-state index in [0.717, 1.165) is 6.42 Å². The van der Waals surface area contributed by atoms with Gasteiger partial charge in [-0.3, -0.25) is 0 Å². The molecule has 0 aliphatic heterocycles. The fourth-order valence-electron chi connectivity index (χ4n) is 2.14. The first-order valence-electron chi connectivity index (χ1n) is 9.31. The zero-order chi connectivity index (χ0) is 20.1. The fourth-order valence-corrected chi connectivity index (χ4v) is 2.80. The van der Waals surface area contributed by atoms with Gasteiger partial charge in [0.05, 0.1) is 12.3 Å². The Morgan fingerprint density at radius 3 is 2.57 bits per heavy atom. The van der Waals surface area contributed by atoms with Crippen molar-refractivity contribution in [1.82, 2.24) is 15.4 Å². The van der Waals surface area contributed by atoms with Crippen LogP contribution in [0.5, 0.6) is 5.75 Å². The van der Waals surface area contributed by atoms with Crippen molar-refractivity contribution in [3.8, 4) is 5.75 Å². The molecule has 162 valence electrons. The second-order valence-corrected chi connectivity index (χ2v) is 8.00. The fraction of sp³-hybridized carbons (Fsp3) is 0.611. The van der Waals surface area contributed by atoms with Crippen LogP contribution in [-0.2, 0) is 10.0 Å². The number of aliphatic imine (C=N–C) groups is 1. The van der Waals surface area contributed by atoms with E-state index in [9.17, 15) is 12.8 Å². The molecule has 0 saturated heterocycles. The van der Waals surface area contributed by atoms with Crippen molar-refractivity contribution < 1.29 is 17.5 Å². The smallest absolute Gasteiger partial charge is 0.211 e. The molecule has 0 spiro atoms. The number of guanidine groups is 1. The summed E-state index contributed by atoms with van der Waals surface area (Å²) in [5.41, 5.74) is 0. The molecule has 7 nitrogen and oxygen atoms in total. The third-order valence-corrected chi connectivity index (χ3v) is 5.10. The summed E-state index contributed by atoms with van der Waals surface area (Å²) in [5, 5.41) is 6.30. The molecule has 0 aliphatic carbocycles. The predicted molar refractivity (Wildman–Crippen MR) is 123 cm³/mol. The molecule has 0 saturated carbocycles. The van der Waals surface area contributed by atoms with Gasteiger partial charge in [0, 0.05) is 25.7 Å². The Balaban J connectivity index is 0.00000729. The molecule has 1 aromatic rings. The van der Waals surface area contributed by atoms with Crippen molar-refractivity contribution in [1.29, 1.82) is 0 Å². The molecule has 1 rings (SSSR count). The van der Waals surface area contributed by atoms with Crippen molar-refractivity contribution in [2.24, 2.45) is 4.99 Å². The van der Waals surface area contributed by atoms with E-state index in [4.69, 9.17) is 4.74 Å². The quantitative estimate of drug-likeness (QED) is 0.167. The van der Waals surface area contributed by atoms with E-state index in [-0.39, 0.29) is 41.7 Å². The van der Waals surface area contributed by atoms with Crippen molar-refractivity contribution in [2.45, 2.75) is 39.7 Å². The summed E-state index contributed by atoms with van der Waals surface area (Å²) >= 11 is 0. The SMILES string of the molecule is CCNC(=NCC(CC)Oc1cccc(F)c1)NCCCNS(=O)(=O)CC.I. The van der Waals surface area contributed by atoms with Gasteiger partial charge in [-0.25, -0.2) is 22.5 Å². The molecule has 1 unspecified atom stereocenters. The summed E-state index contributed by atoms with van der Waals surface area (Å²) in [6, 6.07) is 6.06. The minimum absolute atomic E-state index is 0. The molecule has 0 fully saturated rings. The van der Waals surface area contributed by atoms with Gasteiger partial charge in [0.1, 0.15) is 17.7 Å². The zero-order valence-corrected chi connectivity index (χ0v) is 19.8. The van der Waals surface area contributed by atoms with Crippen LogP contribution in [0.15, 0.2) is 29.3 Å². The second kappa shape index (κ2) is 14.8. The summed E-state index contributed by atoms with van der Waals surface area (Å²) in [6.45, 7) is 7.64. The van der Waals surface area contributed by atoms with Crippen molar-refractivity contribution in [3.05, 3.63) is 30.1 Å². The van der Waals surface area contributed by atoms with Crippen LogP contribution in [0.1, 0.15) is 33.6 Å². The van der Waals surface area contributed by atoms with Gasteiger partial charge in [-0.05, 0) is 38.8 Å². The summed E-state index contributed by atoms with van der Waals surface area (Å²) in [4.78, 5) is 4.50. The van der Waals surface area contributed by atoms with E-state index < -0.39 is 10.0 Å². The van der Waals surface area contributed by atoms with Gasteiger partial charge in [0.2, 0.25) is 10.0 Å². The number of hydrogen-bond acceptors (Lipinski definition) is 4. The summed E-state index contributed by atoms with van der Waals surface area (Å²) in [6.07, 6.45) is 1.21. The first-order chi connectivity index (χ1) is 12.9. The molecule has 0 amide bonds. The average Bonchev–Trinajstić information content (AvgIpc) is 2.64. The maximum Gasteiger partial charge on any atom is 0.211 e. The lowest BCUT2D eigenvalue weighted by atomic mass is 10.2. The topological polar surface area (TPSA) is 91.8 Å². The van der Waals surface area contributed by atoms with Crippen molar-refractivity contribution >= 4 is 40.0 Å². The highest BCUT2D eigenvalue weighted by molar-refractivity contribution is 14.0. The number of halogens is 2. The van der Waals surface area contributed by atoms with Crippen LogP contribution < -0.4 is 20.1 Å². The lowest BCUT2D eigenvalue weighted by Crippen LogP contribution is -2.39. The standard InChI is InChI=1S/C18H31FN4O3S.HI/c1-4-16(26-17-10-7-9-15(19)13-17)14-22-18(20-5-2)21-11-8-12-23-27(24,25)6-3;/h7,9-10,13,16,23H,4-6,8,11-12,14H2,1-3H3,(H2,20,21,22);1H. The number of rotatable bonds is 12. The first-order valence-corrected chi connectivity index (χ1v) is 11.0. The number of nitrogens with one attached hydrogen (secondary N) is 3. The van der Waals surface area contributed by atoms with Crippen LogP contribution in [0.3, 0.4) is 0 Å². The highest BCUT2D eigenvalue weighted by Gasteiger charge is 2.09. The van der Waals surface area contributed by atoms with Crippen LogP contribution in [0.4, 0.5) is 4.39 Å². The molecule has 28 heavy (non-hydrogen) atoms. The molecule has 0 aromatic heterocycles. The molecule has 0 radical (unpaired) electrons. The van der Waals surface area contributed by atoms with Crippen LogP contribution in [0.2, 0.25) is 0 Å². The van der Waals surface area contributed by atoms with E-state index in [2.05, 4.69) is 20.3 Å². The van der Waals surface area contributed by atoms with Crippen molar-refractivity contribution in [3.63, 3.8) is 0 Å². The van der Waals surface area contributed by atoms with E-state index in [1.165, 1.54) is 12.1 Å². The van der Waals surface area contributed by atoms with Gasteiger partial charge < -0.3 is 15.4 Å². The largest absolute Gasteiger partial charge is 0.488 e. The van der Waals surface area contributed by atoms with Gasteiger partial charge in [0.15, 0.2) is 5.96 Å².